The minimum Gasteiger partial charge on any atom is -0.497 e. The first-order valence-corrected chi connectivity index (χ1v) is 6.34. The van der Waals surface area contributed by atoms with E-state index in [1.165, 1.54) is 25.3 Å². The molecule has 0 saturated carbocycles. The Hall–Kier alpha value is -2.47. The van der Waals surface area contributed by atoms with Gasteiger partial charge in [0.25, 0.3) is 5.69 Å². The molecule has 2 aromatic rings. The van der Waals surface area contributed by atoms with Crippen molar-refractivity contribution in [2.24, 2.45) is 5.73 Å². The summed E-state index contributed by atoms with van der Waals surface area (Å²) in [6.07, 6.45) is 0.181. The van der Waals surface area contributed by atoms with Gasteiger partial charge in [0.15, 0.2) is 0 Å². The van der Waals surface area contributed by atoms with E-state index in [1.54, 1.807) is 24.3 Å². The van der Waals surface area contributed by atoms with Crippen LogP contribution in [0.25, 0.3) is 0 Å². The van der Waals surface area contributed by atoms with Crippen LogP contribution in [0.2, 0.25) is 0 Å². The van der Waals surface area contributed by atoms with Gasteiger partial charge in [-0.2, -0.15) is 0 Å². The molecule has 0 amide bonds. The van der Waals surface area contributed by atoms with Crippen molar-refractivity contribution in [3.8, 4) is 5.75 Å². The van der Waals surface area contributed by atoms with E-state index >= 15 is 0 Å². The molecular formula is C15H15FN2O3. The van der Waals surface area contributed by atoms with Crippen molar-refractivity contribution in [1.82, 2.24) is 0 Å². The number of nitrogens with zero attached hydrogens (tertiary/aromatic N) is 1. The predicted octanol–water partition coefficient (Wildman–Crippen LogP) is 2.99. The van der Waals surface area contributed by atoms with Crippen molar-refractivity contribution >= 4 is 5.69 Å². The van der Waals surface area contributed by atoms with E-state index in [0.717, 1.165) is 0 Å². The first kappa shape index (κ1) is 14.9. The zero-order chi connectivity index (χ0) is 15.4. The molecule has 0 bridgehead atoms. The maximum Gasteiger partial charge on any atom is 0.272 e. The van der Waals surface area contributed by atoms with Gasteiger partial charge < -0.3 is 10.5 Å². The lowest BCUT2D eigenvalue weighted by Crippen LogP contribution is -2.15. The fourth-order valence-corrected chi connectivity index (χ4v) is 2.14. The first-order valence-electron chi connectivity index (χ1n) is 6.34. The summed E-state index contributed by atoms with van der Waals surface area (Å²) in [5.41, 5.74) is 6.75. The Morgan fingerprint density at radius 3 is 2.67 bits per heavy atom. The van der Waals surface area contributed by atoms with Crippen LogP contribution in [0.5, 0.6) is 5.75 Å². The lowest BCUT2D eigenvalue weighted by molar-refractivity contribution is -0.385. The summed E-state index contributed by atoms with van der Waals surface area (Å²) < 4.78 is 18.9. The van der Waals surface area contributed by atoms with Gasteiger partial charge in [-0.15, -0.1) is 0 Å². The average molecular weight is 290 g/mol. The molecule has 0 aliphatic carbocycles. The molecule has 1 atom stereocenters. The van der Waals surface area contributed by atoms with Crippen molar-refractivity contribution in [3.63, 3.8) is 0 Å². The normalized spacial score (nSPS) is 12.0. The number of benzene rings is 2. The molecule has 0 fully saturated rings. The monoisotopic (exact) mass is 290 g/mol. The summed E-state index contributed by atoms with van der Waals surface area (Å²) in [7, 11) is 1.45. The Balaban J connectivity index is 2.26. The Labute approximate surface area is 121 Å². The molecule has 0 aromatic heterocycles. The van der Waals surface area contributed by atoms with Crippen LogP contribution < -0.4 is 10.5 Å². The third kappa shape index (κ3) is 3.35. The van der Waals surface area contributed by atoms with Crippen LogP contribution in [-0.4, -0.2) is 12.0 Å². The molecule has 2 aromatic carbocycles. The predicted molar refractivity (Wildman–Crippen MR) is 76.7 cm³/mol. The van der Waals surface area contributed by atoms with Crippen molar-refractivity contribution in [2.45, 2.75) is 12.5 Å². The molecule has 6 heteroatoms. The molecule has 0 aliphatic rings. The van der Waals surface area contributed by atoms with E-state index in [4.69, 9.17) is 10.5 Å². The summed E-state index contributed by atoms with van der Waals surface area (Å²) >= 11 is 0. The van der Waals surface area contributed by atoms with Crippen LogP contribution in [0.3, 0.4) is 0 Å². The quantitative estimate of drug-likeness (QED) is 0.678. The Morgan fingerprint density at radius 2 is 2.05 bits per heavy atom. The molecule has 0 radical (unpaired) electrons. The number of hydrogen-bond donors (Lipinski definition) is 1. The van der Waals surface area contributed by atoms with Gasteiger partial charge in [0, 0.05) is 29.3 Å². The summed E-state index contributed by atoms with van der Waals surface area (Å²) in [4.78, 5) is 10.5. The lowest BCUT2D eigenvalue weighted by atomic mass is 9.98. The summed E-state index contributed by atoms with van der Waals surface area (Å²) in [6, 6.07) is 10.0. The number of methoxy groups -OCH3 is 1. The van der Waals surface area contributed by atoms with E-state index in [0.29, 0.717) is 16.9 Å². The second-order valence-electron chi connectivity index (χ2n) is 4.58. The van der Waals surface area contributed by atoms with Gasteiger partial charge in [-0.1, -0.05) is 24.3 Å². The number of rotatable bonds is 5. The molecule has 2 N–H and O–H groups in total. The minimum atomic E-state index is -0.669. The number of para-hydroxylation sites is 1. The van der Waals surface area contributed by atoms with Crippen molar-refractivity contribution < 1.29 is 14.1 Å². The van der Waals surface area contributed by atoms with Crippen molar-refractivity contribution in [3.05, 3.63) is 69.5 Å². The van der Waals surface area contributed by atoms with Crippen LogP contribution >= 0.6 is 0 Å². The number of nitro benzene ring substituents is 1. The number of ether oxygens (including phenoxy) is 1. The third-order valence-electron chi connectivity index (χ3n) is 3.24. The highest BCUT2D eigenvalue weighted by molar-refractivity contribution is 5.41. The lowest BCUT2D eigenvalue weighted by Gasteiger charge is -2.14. The Bertz CT molecular complexity index is 661. The molecule has 110 valence electrons. The van der Waals surface area contributed by atoms with Gasteiger partial charge in [0.1, 0.15) is 11.6 Å². The summed E-state index contributed by atoms with van der Waals surface area (Å²) in [6.45, 7) is 0. The topological polar surface area (TPSA) is 78.4 Å². The highest BCUT2D eigenvalue weighted by Gasteiger charge is 2.18. The fourth-order valence-electron chi connectivity index (χ4n) is 2.14. The highest BCUT2D eigenvalue weighted by atomic mass is 19.1. The smallest absolute Gasteiger partial charge is 0.272 e. The molecule has 0 heterocycles. The Morgan fingerprint density at radius 1 is 1.33 bits per heavy atom. The minimum absolute atomic E-state index is 0.0122. The average Bonchev–Trinajstić information content (AvgIpc) is 2.47. The van der Waals surface area contributed by atoms with E-state index < -0.39 is 16.8 Å². The van der Waals surface area contributed by atoms with Crippen LogP contribution in [-0.2, 0) is 6.42 Å². The van der Waals surface area contributed by atoms with Crippen LogP contribution in [0, 0.1) is 15.9 Å². The van der Waals surface area contributed by atoms with Crippen molar-refractivity contribution in [1.29, 1.82) is 0 Å². The molecule has 0 aliphatic heterocycles. The SMILES string of the molecule is COc1ccc(C(N)Cc2ccccc2[N+](=O)[O-])c(F)c1. The zero-order valence-corrected chi connectivity index (χ0v) is 11.5. The molecule has 0 saturated heterocycles. The van der Waals surface area contributed by atoms with Gasteiger partial charge >= 0.3 is 0 Å². The second kappa shape index (κ2) is 6.32. The number of nitro groups is 1. The Kier molecular flexibility index (Phi) is 4.49. The number of halogens is 1. The van der Waals surface area contributed by atoms with E-state index in [2.05, 4.69) is 0 Å². The molecule has 0 spiro atoms. The molecule has 21 heavy (non-hydrogen) atoms. The maximum absolute atomic E-state index is 14.0. The number of nitrogens with two attached hydrogens (primary N) is 1. The highest BCUT2D eigenvalue weighted by Crippen LogP contribution is 2.26. The second-order valence-corrected chi connectivity index (χ2v) is 4.58. The number of hydrogen-bond acceptors (Lipinski definition) is 4. The van der Waals surface area contributed by atoms with Gasteiger partial charge in [0.2, 0.25) is 0 Å². The van der Waals surface area contributed by atoms with Crippen LogP contribution in [0.15, 0.2) is 42.5 Å². The van der Waals surface area contributed by atoms with Gasteiger partial charge in [0.05, 0.1) is 12.0 Å². The van der Waals surface area contributed by atoms with Crippen molar-refractivity contribution in [2.75, 3.05) is 7.11 Å². The summed E-state index contributed by atoms with van der Waals surface area (Å²) in [5, 5.41) is 11.0. The van der Waals surface area contributed by atoms with E-state index in [9.17, 15) is 14.5 Å². The molecule has 1 unspecified atom stereocenters. The van der Waals surface area contributed by atoms with E-state index in [-0.39, 0.29) is 12.1 Å². The summed E-state index contributed by atoms with van der Waals surface area (Å²) in [5.74, 6) is -0.0884. The largest absolute Gasteiger partial charge is 0.497 e. The zero-order valence-electron chi connectivity index (χ0n) is 11.5. The fraction of sp³-hybridized carbons (Fsp3) is 0.200. The molecule has 2 rings (SSSR count). The van der Waals surface area contributed by atoms with Crippen LogP contribution in [0.1, 0.15) is 17.2 Å². The van der Waals surface area contributed by atoms with E-state index in [1.807, 2.05) is 0 Å². The maximum atomic E-state index is 14.0. The van der Waals surface area contributed by atoms with Crippen LogP contribution in [0.4, 0.5) is 10.1 Å². The third-order valence-corrected chi connectivity index (χ3v) is 3.24. The van der Waals surface area contributed by atoms with Gasteiger partial charge in [-0.3, -0.25) is 10.1 Å². The van der Waals surface area contributed by atoms with Gasteiger partial charge in [-0.05, 0) is 12.5 Å². The standard InChI is InChI=1S/C15H15FN2O3/c1-21-11-6-7-12(13(16)9-11)14(17)8-10-4-2-3-5-15(10)18(19)20/h2-7,9,14H,8,17H2,1H3. The van der Waals surface area contributed by atoms with Gasteiger partial charge in [-0.25, -0.2) is 4.39 Å². The molecule has 5 nitrogen and oxygen atoms in total. The molecular weight excluding hydrogens is 275 g/mol. The first-order chi connectivity index (χ1) is 10.0.